The van der Waals surface area contributed by atoms with Crippen LogP contribution >= 0.6 is 0 Å². The van der Waals surface area contributed by atoms with Crippen LogP contribution in [0.5, 0.6) is 0 Å². The average molecular weight is 350 g/mol. The molecule has 0 bridgehead atoms. The predicted molar refractivity (Wildman–Crippen MR) is 102 cm³/mol. The van der Waals surface area contributed by atoms with Crippen molar-refractivity contribution in [1.82, 2.24) is 14.9 Å². The van der Waals surface area contributed by atoms with Gasteiger partial charge in [-0.3, -0.25) is 0 Å². The largest absolute Gasteiger partial charge is 0.382 e. The molecule has 26 heavy (non-hydrogen) atoms. The van der Waals surface area contributed by atoms with E-state index in [0.29, 0.717) is 6.61 Å². The highest BCUT2D eigenvalue weighted by molar-refractivity contribution is 5.90. The van der Waals surface area contributed by atoms with Crippen LogP contribution in [0, 0.1) is 0 Å². The van der Waals surface area contributed by atoms with Gasteiger partial charge in [0.2, 0.25) is 0 Å². The second-order valence-electron chi connectivity index (χ2n) is 6.83. The number of anilines is 1. The van der Waals surface area contributed by atoms with Crippen LogP contribution in [0.15, 0.2) is 48.5 Å². The van der Waals surface area contributed by atoms with Crippen molar-refractivity contribution in [3.8, 4) is 11.4 Å². The fourth-order valence-corrected chi connectivity index (χ4v) is 3.21. The number of carbonyl (C=O) groups excluding carboxylic acids is 1. The number of hydrogen-bond acceptors (Lipinski definition) is 3. The van der Waals surface area contributed by atoms with E-state index < -0.39 is 0 Å². The van der Waals surface area contributed by atoms with E-state index in [1.165, 1.54) is 0 Å². The summed E-state index contributed by atoms with van der Waals surface area (Å²) in [7, 11) is 3.49. The first-order chi connectivity index (χ1) is 12.6. The molecule has 1 aliphatic rings. The van der Waals surface area contributed by atoms with E-state index >= 15 is 0 Å². The van der Waals surface area contributed by atoms with Crippen molar-refractivity contribution >= 4 is 22.8 Å². The number of nitrogens with one attached hydrogen (secondary N) is 2. The molecule has 0 aliphatic heterocycles. The molecule has 2 aromatic carbocycles. The van der Waals surface area contributed by atoms with Crippen LogP contribution in [-0.2, 0) is 4.74 Å². The van der Waals surface area contributed by atoms with E-state index in [1.807, 2.05) is 55.6 Å². The number of benzene rings is 2. The molecule has 134 valence electrons. The van der Waals surface area contributed by atoms with Gasteiger partial charge in [-0.25, -0.2) is 9.78 Å². The summed E-state index contributed by atoms with van der Waals surface area (Å²) in [6.07, 6.45) is 1.96. The van der Waals surface area contributed by atoms with Crippen molar-refractivity contribution in [3.05, 3.63) is 48.5 Å². The Hall–Kier alpha value is -2.86. The molecule has 0 unspecified atom stereocenters. The van der Waals surface area contributed by atoms with Crippen LogP contribution in [-0.4, -0.2) is 47.2 Å². The van der Waals surface area contributed by atoms with E-state index in [2.05, 4.69) is 15.3 Å². The normalized spacial score (nSPS) is 15.0. The van der Waals surface area contributed by atoms with Crippen molar-refractivity contribution in [2.24, 2.45) is 0 Å². The number of aromatic nitrogens is 2. The molecule has 4 rings (SSSR count). The zero-order valence-corrected chi connectivity index (χ0v) is 15.0. The highest BCUT2D eigenvalue weighted by atomic mass is 16.5. The van der Waals surface area contributed by atoms with Crippen molar-refractivity contribution in [2.45, 2.75) is 18.4 Å². The number of para-hydroxylation sites is 2. The van der Waals surface area contributed by atoms with Gasteiger partial charge >= 0.3 is 6.03 Å². The van der Waals surface area contributed by atoms with Gasteiger partial charge in [-0.1, -0.05) is 12.1 Å². The monoisotopic (exact) mass is 350 g/mol. The Bertz CT molecular complexity index is 895. The van der Waals surface area contributed by atoms with Crippen molar-refractivity contribution in [2.75, 3.05) is 26.1 Å². The van der Waals surface area contributed by atoms with Crippen LogP contribution in [0.4, 0.5) is 10.5 Å². The van der Waals surface area contributed by atoms with Gasteiger partial charge in [0.05, 0.1) is 23.2 Å². The Kier molecular flexibility index (Phi) is 4.12. The summed E-state index contributed by atoms with van der Waals surface area (Å²) in [5, 5.41) is 2.95. The summed E-state index contributed by atoms with van der Waals surface area (Å²) in [5.41, 5.74) is 3.54. The number of likely N-dealkylation sites (N-methyl/N-ethyl adjacent to an activating group) is 1. The fourth-order valence-electron chi connectivity index (χ4n) is 3.21. The first kappa shape index (κ1) is 16.6. The first-order valence-electron chi connectivity index (χ1n) is 8.70. The molecule has 6 heteroatoms. The quantitative estimate of drug-likeness (QED) is 0.734. The van der Waals surface area contributed by atoms with E-state index in [-0.39, 0.29) is 11.6 Å². The standard InChI is InChI=1S/C20H22N4O2/c1-24(20(11-12-20)13-26-2)19(25)21-15-9-7-14(8-10-15)18-22-16-5-3-4-6-17(16)23-18/h3-10H,11-13H2,1-2H3,(H,21,25)(H,22,23). The molecule has 2 N–H and O–H groups in total. The number of amides is 2. The van der Waals surface area contributed by atoms with Gasteiger partial charge in [-0.15, -0.1) is 0 Å². The Balaban J connectivity index is 1.47. The minimum Gasteiger partial charge on any atom is -0.382 e. The smallest absolute Gasteiger partial charge is 0.322 e. The maximum atomic E-state index is 12.5. The summed E-state index contributed by atoms with van der Waals surface area (Å²) in [6.45, 7) is 0.571. The lowest BCUT2D eigenvalue weighted by atomic mass is 10.2. The third-order valence-electron chi connectivity index (χ3n) is 5.06. The minimum atomic E-state index is -0.146. The second-order valence-corrected chi connectivity index (χ2v) is 6.83. The lowest BCUT2D eigenvalue weighted by molar-refractivity contribution is 0.108. The summed E-state index contributed by atoms with van der Waals surface area (Å²) in [4.78, 5) is 22.2. The number of fused-ring (bicyclic) bond motifs is 1. The number of rotatable bonds is 5. The topological polar surface area (TPSA) is 70.2 Å². The van der Waals surface area contributed by atoms with E-state index in [1.54, 1.807) is 12.0 Å². The number of H-pyrrole nitrogens is 1. The zero-order valence-electron chi connectivity index (χ0n) is 15.0. The molecule has 3 aromatic rings. The maximum absolute atomic E-state index is 12.5. The maximum Gasteiger partial charge on any atom is 0.322 e. The number of carbonyl (C=O) groups is 1. The van der Waals surface area contributed by atoms with Crippen LogP contribution in [0.1, 0.15) is 12.8 Å². The minimum absolute atomic E-state index is 0.115. The number of urea groups is 1. The van der Waals surface area contributed by atoms with Gasteiger partial charge < -0.3 is 19.9 Å². The summed E-state index contributed by atoms with van der Waals surface area (Å²) >= 11 is 0. The molecule has 2 amide bonds. The summed E-state index contributed by atoms with van der Waals surface area (Å²) in [6, 6.07) is 15.5. The average Bonchev–Trinajstić information content (AvgIpc) is 3.31. The molecule has 0 spiro atoms. The van der Waals surface area contributed by atoms with Gasteiger partial charge in [-0.2, -0.15) is 0 Å². The van der Waals surface area contributed by atoms with Gasteiger partial charge in [0, 0.05) is 25.4 Å². The highest BCUT2D eigenvalue weighted by Crippen LogP contribution is 2.41. The predicted octanol–water partition coefficient (Wildman–Crippen LogP) is 3.87. The lowest BCUT2D eigenvalue weighted by Gasteiger charge is -2.27. The zero-order chi connectivity index (χ0) is 18.1. The highest BCUT2D eigenvalue weighted by Gasteiger charge is 2.48. The Morgan fingerprint density at radius 1 is 1.23 bits per heavy atom. The number of methoxy groups -OCH3 is 1. The molecule has 0 radical (unpaired) electrons. The molecule has 6 nitrogen and oxygen atoms in total. The Morgan fingerprint density at radius 2 is 1.96 bits per heavy atom. The molecule has 1 saturated carbocycles. The van der Waals surface area contributed by atoms with Crippen LogP contribution in [0.25, 0.3) is 22.4 Å². The Morgan fingerprint density at radius 3 is 2.62 bits per heavy atom. The van der Waals surface area contributed by atoms with Gasteiger partial charge in [0.15, 0.2) is 0 Å². The molecule has 0 atom stereocenters. The molecule has 0 saturated heterocycles. The number of ether oxygens (including phenoxy) is 1. The van der Waals surface area contributed by atoms with Gasteiger partial charge in [0.1, 0.15) is 5.82 Å². The number of nitrogens with zero attached hydrogens (tertiary/aromatic N) is 2. The fraction of sp³-hybridized carbons (Fsp3) is 0.300. The van der Waals surface area contributed by atoms with Gasteiger partial charge in [0.25, 0.3) is 0 Å². The van der Waals surface area contributed by atoms with Crippen molar-refractivity contribution in [1.29, 1.82) is 0 Å². The number of imidazole rings is 1. The van der Waals surface area contributed by atoms with E-state index in [4.69, 9.17) is 4.74 Å². The molecular formula is C20H22N4O2. The molecular weight excluding hydrogens is 328 g/mol. The molecule has 1 heterocycles. The molecule has 1 aromatic heterocycles. The second kappa shape index (κ2) is 6.46. The van der Waals surface area contributed by atoms with Crippen molar-refractivity contribution < 1.29 is 9.53 Å². The van der Waals surface area contributed by atoms with Crippen molar-refractivity contribution in [3.63, 3.8) is 0 Å². The van der Waals surface area contributed by atoms with Crippen LogP contribution < -0.4 is 5.32 Å². The van der Waals surface area contributed by atoms with E-state index in [9.17, 15) is 4.79 Å². The lowest BCUT2D eigenvalue weighted by Crippen LogP contribution is -2.44. The summed E-state index contributed by atoms with van der Waals surface area (Å²) < 4.78 is 5.25. The summed E-state index contributed by atoms with van der Waals surface area (Å²) in [5.74, 6) is 0.818. The Labute approximate surface area is 152 Å². The SMILES string of the molecule is COCC1(N(C)C(=O)Nc2ccc(-c3nc4ccccc4[nH]3)cc2)CC1. The third-order valence-corrected chi connectivity index (χ3v) is 5.06. The molecule has 1 aliphatic carbocycles. The van der Waals surface area contributed by atoms with Gasteiger partial charge in [-0.05, 0) is 49.2 Å². The van der Waals surface area contributed by atoms with Crippen LogP contribution in [0.3, 0.4) is 0 Å². The third kappa shape index (κ3) is 3.04. The van der Waals surface area contributed by atoms with E-state index in [0.717, 1.165) is 41.0 Å². The van der Waals surface area contributed by atoms with Crippen LogP contribution in [0.2, 0.25) is 0 Å². The number of aromatic amines is 1. The molecule has 1 fully saturated rings. The first-order valence-corrected chi connectivity index (χ1v) is 8.70. The number of hydrogen-bond donors (Lipinski definition) is 2.